The summed E-state index contributed by atoms with van der Waals surface area (Å²) in [6.07, 6.45) is 3.46. The lowest BCUT2D eigenvalue weighted by molar-refractivity contribution is 0.0827. The molecule has 0 bridgehead atoms. The molecular weight excluding hydrogens is 248 g/mol. The monoisotopic (exact) mass is 276 g/mol. The minimum atomic E-state index is 0.0450. The molecule has 2 atom stereocenters. The Kier molecular flexibility index (Phi) is 6.56. The number of rotatable bonds is 7. The minimum absolute atomic E-state index is 0.0450. The van der Waals surface area contributed by atoms with Gasteiger partial charge < -0.3 is 10.2 Å². The Morgan fingerprint density at radius 2 is 1.95 bits per heavy atom. The molecule has 0 saturated heterocycles. The molecule has 1 amide bonds. The maximum absolute atomic E-state index is 12.0. The van der Waals surface area contributed by atoms with Gasteiger partial charge in [-0.05, 0) is 37.0 Å². The lowest BCUT2D eigenvalue weighted by atomic mass is 9.97. The van der Waals surface area contributed by atoms with Gasteiger partial charge in [0.05, 0.1) is 0 Å². The third-order valence-corrected chi connectivity index (χ3v) is 3.76. The van der Waals surface area contributed by atoms with E-state index in [4.69, 9.17) is 0 Å². The van der Waals surface area contributed by atoms with Crippen LogP contribution < -0.4 is 5.32 Å². The molecule has 0 fully saturated rings. The van der Waals surface area contributed by atoms with Crippen LogP contribution in [0, 0.1) is 5.92 Å². The first kappa shape index (κ1) is 16.5. The Balaban J connectivity index is 2.76. The van der Waals surface area contributed by atoms with Gasteiger partial charge in [-0.15, -0.1) is 0 Å². The highest BCUT2D eigenvalue weighted by atomic mass is 16.2. The summed E-state index contributed by atoms with van der Waals surface area (Å²) in [5.41, 5.74) is 1.77. The topological polar surface area (TPSA) is 32.3 Å². The third kappa shape index (κ3) is 4.87. The van der Waals surface area contributed by atoms with Crippen LogP contribution in [-0.4, -0.2) is 30.9 Å². The van der Waals surface area contributed by atoms with Crippen LogP contribution >= 0.6 is 0 Å². The lowest BCUT2D eigenvalue weighted by Crippen LogP contribution is -2.23. The largest absolute Gasteiger partial charge is 0.382 e. The number of nitrogens with one attached hydrogen (secondary N) is 1. The van der Waals surface area contributed by atoms with Gasteiger partial charge >= 0.3 is 0 Å². The summed E-state index contributed by atoms with van der Waals surface area (Å²) in [5.74, 6) is 0.766. The van der Waals surface area contributed by atoms with Crippen LogP contribution in [0.5, 0.6) is 0 Å². The molecule has 2 unspecified atom stereocenters. The summed E-state index contributed by atoms with van der Waals surface area (Å²) in [5, 5.41) is 3.56. The van der Waals surface area contributed by atoms with Crippen LogP contribution in [0.3, 0.4) is 0 Å². The molecule has 1 aromatic carbocycles. The summed E-state index contributed by atoms with van der Waals surface area (Å²) in [4.78, 5) is 13.6. The number of carbonyl (C=O) groups is 1. The highest BCUT2D eigenvalue weighted by molar-refractivity contribution is 5.94. The van der Waals surface area contributed by atoms with E-state index in [1.807, 2.05) is 24.3 Å². The molecule has 0 spiro atoms. The predicted molar refractivity (Wildman–Crippen MR) is 86.2 cm³/mol. The second kappa shape index (κ2) is 7.93. The molecule has 0 heterocycles. The summed E-state index contributed by atoms with van der Waals surface area (Å²) < 4.78 is 0. The molecule has 0 aliphatic rings. The molecule has 1 N–H and O–H groups in total. The molecule has 0 aliphatic heterocycles. The summed E-state index contributed by atoms with van der Waals surface area (Å²) in [6, 6.07) is 8.25. The summed E-state index contributed by atoms with van der Waals surface area (Å²) in [6.45, 7) is 6.72. The van der Waals surface area contributed by atoms with E-state index in [0.29, 0.717) is 6.04 Å². The van der Waals surface area contributed by atoms with Gasteiger partial charge in [-0.3, -0.25) is 4.79 Å². The van der Waals surface area contributed by atoms with Gasteiger partial charge in [0.15, 0.2) is 0 Å². The molecule has 0 aliphatic carbocycles. The van der Waals surface area contributed by atoms with E-state index < -0.39 is 0 Å². The van der Waals surface area contributed by atoms with Crippen LogP contribution in [0.4, 0.5) is 5.69 Å². The molecule has 1 rings (SSSR count). The first-order valence-corrected chi connectivity index (χ1v) is 7.56. The number of carbonyl (C=O) groups excluding carboxylic acids is 1. The molecule has 3 heteroatoms. The van der Waals surface area contributed by atoms with Crippen molar-refractivity contribution < 1.29 is 4.79 Å². The maximum atomic E-state index is 12.0. The van der Waals surface area contributed by atoms with Gasteiger partial charge in [-0.25, -0.2) is 0 Å². The van der Waals surface area contributed by atoms with Gasteiger partial charge in [0, 0.05) is 31.4 Å². The quantitative estimate of drug-likeness (QED) is 0.816. The summed E-state index contributed by atoms with van der Waals surface area (Å²) in [7, 11) is 3.56. The number of nitrogens with zero attached hydrogens (tertiary/aromatic N) is 1. The normalized spacial score (nSPS) is 13.7. The van der Waals surface area contributed by atoms with E-state index in [1.54, 1.807) is 19.0 Å². The van der Waals surface area contributed by atoms with Crippen molar-refractivity contribution in [3.8, 4) is 0 Å². The standard InChI is InChI=1S/C17H28N2O/c1-6-13(3)11-15(7-2)18-16-10-8-9-14(12-16)17(20)19(4)5/h8-10,12-13,15,18H,6-7,11H2,1-5H3. The fourth-order valence-corrected chi connectivity index (χ4v) is 2.22. The van der Waals surface area contributed by atoms with E-state index in [2.05, 4.69) is 26.1 Å². The Morgan fingerprint density at radius 1 is 1.25 bits per heavy atom. The zero-order valence-electron chi connectivity index (χ0n) is 13.4. The summed E-state index contributed by atoms with van der Waals surface area (Å²) >= 11 is 0. The number of hydrogen-bond acceptors (Lipinski definition) is 2. The van der Waals surface area contributed by atoms with Crippen LogP contribution in [0.15, 0.2) is 24.3 Å². The van der Waals surface area contributed by atoms with E-state index in [-0.39, 0.29) is 5.91 Å². The SMILES string of the molecule is CCC(C)CC(CC)Nc1cccc(C(=O)N(C)C)c1. The Hall–Kier alpha value is -1.51. The van der Waals surface area contributed by atoms with Gasteiger partial charge in [0.2, 0.25) is 0 Å². The van der Waals surface area contributed by atoms with Gasteiger partial charge in [0.1, 0.15) is 0 Å². The van der Waals surface area contributed by atoms with Crippen molar-refractivity contribution in [2.45, 2.75) is 46.1 Å². The van der Waals surface area contributed by atoms with Gasteiger partial charge in [-0.2, -0.15) is 0 Å². The number of amides is 1. The molecule has 0 saturated carbocycles. The fourth-order valence-electron chi connectivity index (χ4n) is 2.22. The van der Waals surface area contributed by atoms with Crippen LogP contribution in [0.2, 0.25) is 0 Å². The molecule has 0 aromatic heterocycles. The molecule has 112 valence electrons. The highest BCUT2D eigenvalue weighted by Gasteiger charge is 2.12. The molecule has 1 aromatic rings. The van der Waals surface area contributed by atoms with Crippen molar-refractivity contribution in [2.24, 2.45) is 5.92 Å². The first-order valence-electron chi connectivity index (χ1n) is 7.56. The smallest absolute Gasteiger partial charge is 0.253 e. The molecule has 3 nitrogen and oxygen atoms in total. The first-order chi connectivity index (χ1) is 9.47. The van der Waals surface area contributed by atoms with E-state index in [0.717, 1.165) is 23.6 Å². The zero-order valence-corrected chi connectivity index (χ0v) is 13.4. The third-order valence-electron chi connectivity index (χ3n) is 3.76. The Labute approximate surface area is 123 Å². The van der Waals surface area contributed by atoms with E-state index in [9.17, 15) is 4.79 Å². The van der Waals surface area contributed by atoms with Gasteiger partial charge in [0.25, 0.3) is 5.91 Å². The van der Waals surface area contributed by atoms with Crippen LogP contribution in [0.1, 0.15) is 50.4 Å². The van der Waals surface area contributed by atoms with E-state index >= 15 is 0 Å². The zero-order chi connectivity index (χ0) is 15.1. The van der Waals surface area contributed by atoms with Crippen molar-refractivity contribution in [2.75, 3.05) is 19.4 Å². The van der Waals surface area contributed by atoms with Crippen molar-refractivity contribution >= 4 is 11.6 Å². The second-order valence-corrected chi connectivity index (χ2v) is 5.78. The minimum Gasteiger partial charge on any atom is -0.382 e. The van der Waals surface area contributed by atoms with Crippen molar-refractivity contribution in [3.05, 3.63) is 29.8 Å². The second-order valence-electron chi connectivity index (χ2n) is 5.78. The number of hydrogen-bond donors (Lipinski definition) is 1. The maximum Gasteiger partial charge on any atom is 0.253 e. The van der Waals surface area contributed by atoms with Crippen molar-refractivity contribution in [1.82, 2.24) is 4.90 Å². The Morgan fingerprint density at radius 3 is 2.50 bits per heavy atom. The predicted octanol–water partition coefficient (Wildman–Crippen LogP) is 4.02. The van der Waals surface area contributed by atoms with Crippen LogP contribution in [0.25, 0.3) is 0 Å². The average Bonchev–Trinajstić information content (AvgIpc) is 2.45. The highest BCUT2D eigenvalue weighted by Crippen LogP contribution is 2.18. The molecule has 0 radical (unpaired) electrons. The van der Waals surface area contributed by atoms with E-state index in [1.165, 1.54) is 12.8 Å². The van der Waals surface area contributed by atoms with Crippen molar-refractivity contribution in [1.29, 1.82) is 0 Å². The fraction of sp³-hybridized carbons (Fsp3) is 0.588. The van der Waals surface area contributed by atoms with Gasteiger partial charge in [-0.1, -0.05) is 33.3 Å². The average molecular weight is 276 g/mol. The Bertz CT molecular complexity index is 429. The number of anilines is 1. The molecular formula is C17H28N2O. The van der Waals surface area contributed by atoms with Crippen LogP contribution in [-0.2, 0) is 0 Å². The lowest BCUT2D eigenvalue weighted by Gasteiger charge is -2.22. The molecule has 20 heavy (non-hydrogen) atoms. The van der Waals surface area contributed by atoms with Crippen molar-refractivity contribution in [3.63, 3.8) is 0 Å². The number of benzene rings is 1.